The SMILES string of the molecule is CCCCCOc1cc(F)cc(C#CCCO)c1. The summed E-state index contributed by atoms with van der Waals surface area (Å²) in [6, 6.07) is 4.45. The van der Waals surface area contributed by atoms with Crippen molar-refractivity contribution < 1.29 is 14.2 Å². The van der Waals surface area contributed by atoms with Gasteiger partial charge < -0.3 is 9.84 Å². The summed E-state index contributed by atoms with van der Waals surface area (Å²) in [4.78, 5) is 0. The van der Waals surface area contributed by atoms with Crippen LogP contribution in [0.4, 0.5) is 4.39 Å². The number of halogens is 1. The first-order chi connectivity index (χ1) is 8.76. The van der Waals surface area contributed by atoms with Gasteiger partial charge in [-0.1, -0.05) is 31.6 Å². The molecule has 18 heavy (non-hydrogen) atoms. The van der Waals surface area contributed by atoms with Gasteiger partial charge in [-0.25, -0.2) is 4.39 Å². The minimum Gasteiger partial charge on any atom is -0.493 e. The Morgan fingerprint density at radius 3 is 2.83 bits per heavy atom. The summed E-state index contributed by atoms with van der Waals surface area (Å²) in [5.41, 5.74) is 0.578. The number of benzene rings is 1. The van der Waals surface area contributed by atoms with Gasteiger partial charge in [0, 0.05) is 18.1 Å². The van der Waals surface area contributed by atoms with E-state index in [4.69, 9.17) is 9.84 Å². The maximum Gasteiger partial charge on any atom is 0.128 e. The summed E-state index contributed by atoms with van der Waals surface area (Å²) in [7, 11) is 0. The summed E-state index contributed by atoms with van der Waals surface area (Å²) in [6.45, 7) is 2.74. The lowest BCUT2D eigenvalue weighted by Gasteiger charge is -2.06. The summed E-state index contributed by atoms with van der Waals surface area (Å²) in [5, 5.41) is 8.62. The van der Waals surface area contributed by atoms with Gasteiger partial charge in [0.2, 0.25) is 0 Å². The van der Waals surface area contributed by atoms with Crippen molar-refractivity contribution in [1.82, 2.24) is 0 Å². The fraction of sp³-hybridized carbons (Fsp3) is 0.467. The zero-order valence-electron chi connectivity index (χ0n) is 10.7. The molecule has 1 rings (SSSR count). The van der Waals surface area contributed by atoms with Crippen LogP contribution < -0.4 is 4.74 Å². The molecule has 0 heterocycles. The van der Waals surface area contributed by atoms with E-state index in [9.17, 15) is 4.39 Å². The van der Waals surface area contributed by atoms with Crippen molar-refractivity contribution >= 4 is 0 Å². The smallest absolute Gasteiger partial charge is 0.128 e. The van der Waals surface area contributed by atoms with Crippen molar-refractivity contribution in [3.8, 4) is 17.6 Å². The first-order valence-electron chi connectivity index (χ1n) is 6.29. The first-order valence-corrected chi connectivity index (χ1v) is 6.29. The van der Waals surface area contributed by atoms with Gasteiger partial charge in [-0.2, -0.15) is 0 Å². The van der Waals surface area contributed by atoms with E-state index in [1.165, 1.54) is 12.1 Å². The molecule has 1 aromatic rings. The van der Waals surface area contributed by atoms with Crippen molar-refractivity contribution in [2.75, 3.05) is 13.2 Å². The summed E-state index contributed by atoms with van der Waals surface area (Å²) in [5.74, 6) is 5.72. The number of unbranched alkanes of at least 4 members (excludes halogenated alkanes) is 2. The number of hydrogen-bond donors (Lipinski definition) is 1. The van der Waals surface area contributed by atoms with Crippen LogP contribution in [-0.4, -0.2) is 18.3 Å². The molecule has 0 unspecified atom stereocenters. The molecule has 1 N–H and O–H groups in total. The van der Waals surface area contributed by atoms with Crippen LogP contribution in [0.1, 0.15) is 38.2 Å². The molecule has 0 atom stereocenters. The van der Waals surface area contributed by atoms with Crippen LogP contribution in [0.5, 0.6) is 5.75 Å². The second-order valence-electron chi connectivity index (χ2n) is 4.01. The van der Waals surface area contributed by atoms with Crippen molar-refractivity contribution in [3.63, 3.8) is 0 Å². The lowest BCUT2D eigenvalue weighted by atomic mass is 10.2. The molecule has 98 valence electrons. The third kappa shape index (κ3) is 5.70. The monoisotopic (exact) mass is 250 g/mol. The van der Waals surface area contributed by atoms with E-state index in [0.29, 0.717) is 24.3 Å². The third-order valence-corrected chi connectivity index (χ3v) is 2.36. The van der Waals surface area contributed by atoms with Gasteiger partial charge in [-0.05, 0) is 18.6 Å². The van der Waals surface area contributed by atoms with Crippen LogP contribution in [0.15, 0.2) is 18.2 Å². The van der Waals surface area contributed by atoms with Gasteiger partial charge >= 0.3 is 0 Å². The van der Waals surface area contributed by atoms with Crippen molar-refractivity contribution in [1.29, 1.82) is 0 Å². The Morgan fingerprint density at radius 1 is 1.28 bits per heavy atom. The van der Waals surface area contributed by atoms with Crippen molar-refractivity contribution in [2.24, 2.45) is 0 Å². The zero-order valence-corrected chi connectivity index (χ0v) is 10.7. The maximum absolute atomic E-state index is 13.3. The Balaban J connectivity index is 2.60. The largest absolute Gasteiger partial charge is 0.493 e. The van der Waals surface area contributed by atoms with Gasteiger partial charge in [0.25, 0.3) is 0 Å². The highest BCUT2D eigenvalue weighted by molar-refractivity contribution is 5.40. The Bertz CT molecular complexity index is 418. The van der Waals surface area contributed by atoms with E-state index < -0.39 is 0 Å². The first kappa shape index (κ1) is 14.5. The minimum atomic E-state index is -0.351. The van der Waals surface area contributed by atoms with E-state index >= 15 is 0 Å². The molecule has 0 aliphatic carbocycles. The molecule has 0 amide bonds. The standard InChI is InChI=1S/C15H19FO2/c1-2-3-6-9-18-15-11-13(7-4-5-8-17)10-14(16)12-15/h10-12,17H,2-3,5-6,8-9H2,1H3. The summed E-state index contributed by atoms with van der Waals surface area (Å²) in [6.07, 6.45) is 3.60. The fourth-order valence-electron chi connectivity index (χ4n) is 1.48. The van der Waals surface area contributed by atoms with Crippen molar-refractivity contribution in [3.05, 3.63) is 29.6 Å². The molecule has 3 heteroatoms. The van der Waals surface area contributed by atoms with Crippen LogP contribution in [0, 0.1) is 17.7 Å². The molecule has 0 spiro atoms. The van der Waals surface area contributed by atoms with Gasteiger partial charge in [0.05, 0.1) is 13.2 Å². The minimum absolute atomic E-state index is 0.0166. The van der Waals surface area contributed by atoms with Crippen LogP contribution in [0.3, 0.4) is 0 Å². The normalized spacial score (nSPS) is 9.72. The molecular formula is C15H19FO2. The highest BCUT2D eigenvalue weighted by Gasteiger charge is 2.00. The molecule has 0 fully saturated rings. The molecule has 0 aliphatic rings. The molecule has 1 aromatic carbocycles. The number of aliphatic hydroxyl groups excluding tert-OH is 1. The maximum atomic E-state index is 13.3. The van der Waals surface area contributed by atoms with Gasteiger partial charge in [0.1, 0.15) is 11.6 Å². The van der Waals surface area contributed by atoms with Gasteiger partial charge in [0.15, 0.2) is 0 Å². The lowest BCUT2D eigenvalue weighted by Crippen LogP contribution is -1.97. The molecule has 0 aliphatic heterocycles. The van der Waals surface area contributed by atoms with Crippen LogP contribution in [0.25, 0.3) is 0 Å². The number of ether oxygens (including phenoxy) is 1. The fourth-order valence-corrected chi connectivity index (χ4v) is 1.48. The van der Waals surface area contributed by atoms with Crippen LogP contribution in [-0.2, 0) is 0 Å². The van der Waals surface area contributed by atoms with Crippen LogP contribution in [0.2, 0.25) is 0 Å². The molecule has 0 aromatic heterocycles. The highest BCUT2D eigenvalue weighted by atomic mass is 19.1. The van der Waals surface area contributed by atoms with Crippen molar-refractivity contribution in [2.45, 2.75) is 32.6 Å². The van der Waals surface area contributed by atoms with E-state index in [2.05, 4.69) is 18.8 Å². The molecule has 0 bridgehead atoms. The van der Waals surface area contributed by atoms with Gasteiger partial charge in [-0.15, -0.1) is 0 Å². The Morgan fingerprint density at radius 2 is 2.11 bits per heavy atom. The predicted octanol–water partition coefficient (Wildman–Crippen LogP) is 3.13. The number of rotatable bonds is 6. The summed E-state index contributed by atoms with van der Waals surface area (Å²) < 4.78 is 18.8. The highest BCUT2D eigenvalue weighted by Crippen LogP contribution is 2.16. The molecule has 2 nitrogen and oxygen atoms in total. The number of aliphatic hydroxyl groups is 1. The Hall–Kier alpha value is -1.53. The second kappa shape index (κ2) is 8.54. The summed E-state index contributed by atoms with van der Waals surface area (Å²) >= 11 is 0. The Labute approximate surface area is 108 Å². The molecule has 0 saturated carbocycles. The number of hydrogen-bond acceptors (Lipinski definition) is 2. The van der Waals surface area contributed by atoms with Gasteiger partial charge in [-0.3, -0.25) is 0 Å². The third-order valence-electron chi connectivity index (χ3n) is 2.36. The van der Waals surface area contributed by atoms with E-state index in [0.717, 1.165) is 19.3 Å². The zero-order chi connectivity index (χ0) is 13.2. The molecular weight excluding hydrogens is 231 g/mol. The topological polar surface area (TPSA) is 29.5 Å². The Kier molecular flexibility index (Phi) is 6.90. The quantitative estimate of drug-likeness (QED) is 0.621. The molecule has 0 radical (unpaired) electrons. The lowest BCUT2D eigenvalue weighted by molar-refractivity contribution is 0.304. The average Bonchev–Trinajstić information content (AvgIpc) is 2.34. The van der Waals surface area contributed by atoms with E-state index in [1.807, 2.05) is 0 Å². The average molecular weight is 250 g/mol. The predicted molar refractivity (Wildman–Crippen MR) is 70.0 cm³/mol. The van der Waals surface area contributed by atoms with E-state index in [1.54, 1.807) is 6.07 Å². The van der Waals surface area contributed by atoms with E-state index in [-0.39, 0.29) is 12.4 Å². The van der Waals surface area contributed by atoms with Crippen LogP contribution >= 0.6 is 0 Å². The second-order valence-corrected chi connectivity index (χ2v) is 4.01. The molecule has 0 saturated heterocycles.